The number of halogens is 2. The minimum Gasteiger partial charge on any atom is -0.354 e. The molecule has 3 heterocycles. The van der Waals surface area contributed by atoms with E-state index in [-0.39, 0.29) is 11.1 Å². The second-order valence-corrected chi connectivity index (χ2v) is 12.2. The van der Waals surface area contributed by atoms with E-state index in [1.807, 2.05) is 66.7 Å². The minimum atomic E-state index is -0.494. The van der Waals surface area contributed by atoms with E-state index in [2.05, 4.69) is 25.9 Å². The first-order valence-corrected chi connectivity index (χ1v) is 16.3. The topological polar surface area (TPSA) is 123 Å². The van der Waals surface area contributed by atoms with Crippen LogP contribution in [0.5, 0.6) is 0 Å². The van der Waals surface area contributed by atoms with Crippen molar-refractivity contribution in [1.29, 1.82) is 0 Å². The fourth-order valence-corrected chi connectivity index (χ4v) is 5.91. The molecule has 9 nitrogen and oxygen atoms in total. The number of nitrogens with one attached hydrogen (secondary N) is 2. The summed E-state index contributed by atoms with van der Waals surface area (Å²) in [4.78, 5) is 33.2. The van der Waals surface area contributed by atoms with E-state index in [1.54, 1.807) is 64.1 Å². The molecule has 0 saturated carbocycles. The molecule has 2 N–H and O–H groups in total. The normalized spacial score (nSPS) is 11.4. The zero-order chi connectivity index (χ0) is 35.4. The smallest absolute Gasteiger partial charge is 0.258 e. The quantitative estimate of drug-likeness (QED) is 0.154. The Morgan fingerprint density at radius 2 is 1.00 bits per heavy atom. The third kappa shape index (κ3) is 7.15. The van der Waals surface area contributed by atoms with E-state index in [0.29, 0.717) is 66.8 Å². The van der Waals surface area contributed by atoms with Crippen LogP contribution in [0.1, 0.15) is 66.1 Å². The number of benzene rings is 3. The van der Waals surface area contributed by atoms with Crippen LogP contribution >= 0.6 is 23.2 Å². The van der Waals surface area contributed by atoms with Crippen molar-refractivity contribution in [2.75, 3.05) is 10.6 Å². The Balaban J connectivity index is 1.39. The van der Waals surface area contributed by atoms with E-state index >= 15 is 0 Å². The van der Waals surface area contributed by atoms with Crippen LogP contribution in [-0.4, -0.2) is 27.1 Å². The van der Waals surface area contributed by atoms with Crippen molar-refractivity contribution in [2.45, 2.75) is 27.7 Å². The molecule has 6 rings (SSSR count). The molecular formula is C39H31Cl2N5O4. The predicted molar refractivity (Wildman–Crippen MR) is 198 cm³/mol. The Hall–Kier alpha value is -5.77. The van der Waals surface area contributed by atoms with Crippen molar-refractivity contribution < 1.29 is 18.6 Å². The molecule has 6 aromatic rings. The average molecular weight is 705 g/mol. The molecule has 50 heavy (non-hydrogen) atoms. The molecule has 0 atom stereocenters. The van der Waals surface area contributed by atoms with Crippen LogP contribution in [0.15, 0.2) is 87.9 Å². The first-order valence-electron chi connectivity index (χ1n) is 15.6. The maximum absolute atomic E-state index is 14.3. The lowest BCUT2D eigenvalue weighted by molar-refractivity contribution is 0.102. The van der Waals surface area contributed by atoms with Crippen molar-refractivity contribution >= 4 is 70.7 Å². The molecule has 0 saturated heterocycles. The van der Waals surface area contributed by atoms with Gasteiger partial charge in [-0.25, -0.2) is 0 Å². The molecule has 250 valence electrons. The Morgan fingerprint density at radius 3 is 1.44 bits per heavy atom. The van der Waals surface area contributed by atoms with E-state index < -0.39 is 11.8 Å². The van der Waals surface area contributed by atoms with Crippen LogP contribution < -0.4 is 10.6 Å². The summed E-state index contributed by atoms with van der Waals surface area (Å²) in [6, 6.07) is 23.9. The number of hydrogen-bond donors (Lipinski definition) is 2. The highest BCUT2D eigenvalue weighted by atomic mass is 35.5. The molecule has 3 aromatic heterocycles. The number of aromatic nitrogens is 3. The van der Waals surface area contributed by atoms with E-state index in [1.165, 1.54) is 0 Å². The first-order chi connectivity index (χ1) is 24.1. The summed E-state index contributed by atoms with van der Waals surface area (Å²) in [6.45, 7) is 6.91. The molecule has 11 heteroatoms. The van der Waals surface area contributed by atoms with Gasteiger partial charge in [0.05, 0.1) is 22.5 Å². The summed E-state index contributed by atoms with van der Waals surface area (Å²) >= 11 is 12.7. The molecule has 0 spiro atoms. The van der Waals surface area contributed by atoms with Crippen molar-refractivity contribution in [2.24, 2.45) is 0 Å². The molecule has 0 fully saturated rings. The highest BCUT2D eigenvalue weighted by molar-refractivity contribution is 6.32. The van der Waals surface area contributed by atoms with Gasteiger partial charge in [-0.15, -0.1) is 0 Å². The Kier molecular flexibility index (Phi) is 10.1. The number of pyridine rings is 1. The predicted octanol–water partition coefficient (Wildman–Crippen LogP) is 10.1. The van der Waals surface area contributed by atoms with Crippen LogP contribution in [0.25, 0.3) is 35.4 Å². The number of nitrogens with zero attached hydrogens (tertiary/aromatic N) is 3. The first kappa shape index (κ1) is 34.1. The van der Waals surface area contributed by atoms with Gasteiger partial charge in [0.25, 0.3) is 11.8 Å². The Labute approximate surface area is 298 Å². The van der Waals surface area contributed by atoms with Gasteiger partial charge in [-0.05, 0) is 80.8 Å². The fourth-order valence-electron chi connectivity index (χ4n) is 5.51. The number of anilines is 2. The number of carbonyl (C=O) groups is 2. The number of aryl methyl sites for hydroxylation is 4. The number of hydrogen-bond acceptors (Lipinski definition) is 7. The van der Waals surface area contributed by atoms with Crippen LogP contribution in [0.3, 0.4) is 0 Å². The summed E-state index contributed by atoms with van der Waals surface area (Å²) in [6.07, 6.45) is 6.93. The standard InChI is InChI=1S/C39H31Cl2N5O4/c1-22-33(38(47)43-36-24(3)45-49-31(36)20-18-26-12-8-10-16-29(26)40)35(28-14-6-5-7-15-28)34(23(2)42-22)39(48)44-37-25(4)46-50-32(37)21-19-27-13-9-11-17-30(27)41/h5-21H,1-4H3,(H,43,47)(H,44,48)/b20-18+,21-19+. The SMILES string of the molecule is Cc1noc(/C=C/c2ccccc2Cl)c1NC(=O)c1c(C)nc(C)c(C(=O)Nc2c(C)noc2/C=C/c2ccccc2Cl)c1-c1ccccc1. The highest BCUT2D eigenvalue weighted by Crippen LogP contribution is 2.34. The summed E-state index contributed by atoms with van der Waals surface area (Å²) in [5.74, 6) is -0.335. The molecule has 0 bridgehead atoms. The zero-order valence-corrected chi connectivity index (χ0v) is 29.1. The largest absolute Gasteiger partial charge is 0.354 e. The van der Waals surface area contributed by atoms with E-state index in [9.17, 15) is 9.59 Å². The molecular weight excluding hydrogens is 673 g/mol. The third-order valence-corrected chi connectivity index (χ3v) is 8.66. The molecule has 0 unspecified atom stereocenters. The van der Waals surface area contributed by atoms with Crippen LogP contribution in [0, 0.1) is 27.7 Å². The second kappa shape index (κ2) is 14.8. The van der Waals surface area contributed by atoms with Crippen LogP contribution in [0.2, 0.25) is 10.0 Å². The van der Waals surface area contributed by atoms with Gasteiger partial charge in [-0.1, -0.05) is 100 Å². The number of amides is 2. The molecule has 3 aromatic carbocycles. The molecule has 0 aliphatic carbocycles. The summed E-state index contributed by atoms with van der Waals surface area (Å²) in [5.41, 5.74) is 5.58. The van der Waals surface area contributed by atoms with Crippen LogP contribution in [-0.2, 0) is 0 Å². The van der Waals surface area contributed by atoms with Crippen molar-refractivity contribution in [3.05, 3.63) is 145 Å². The third-order valence-electron chi connectivity index (χ3n) is 7.97. The maximum Gasteiger partial charge on any atom is 0.258 e. The van der Waals surface area contributed by atoms with Gasteiger partial charge in [0.1, 0.15) is 22.8 Å². The lowest BCUT2D eigenvalue weighted by atomic mass is 9.91. The molecule has 2 amide bonds. The lowest BCUT2D eigenvalue weighted by Gasteiger charge is -2.19. The van der Waals surface area contributed by atoms with Crippen molar-refractivity contribution in [1.82, 2.24) is 15.3 Å². The van der Waals surface area contributed by atoms with Gasteiger partial charge < -0.3 is 19.7 Å². The van der Waals surface area contributed by atoms with Gasteiger partial charge in [-0.2, -0.15) is 0 Å². The molecule has 0 aliphatic heterocycles. The van der Waals surface area contributed by atoms with Gasteiger partial charge in [-0.3, -0.25) is 14.6 Å². The average Bonchev–Trinajstić information content (AvgIpc) is 3.63. The van der Waals surface area contributed by atoms with E-state index in [0.717, 1.165) is 11.1 Å². The number of carbonyl (C=O) groups excluding carboxylic acids is 2. The van der Waals surface area contributed by atoms with Gasteiger partial charge in [0.15, 0.2) is 11.5 Å². The zero-order valence-electron chi connectivity index (χ0n) is 27.5. The Bertz CT molecular complexity index is 2150. The second-order valence-electron chi connectivity index (χ2n) is 11.4. The Morgan fingerprint density at radius 1 is 0.580 bits per heavy atom. The van der Waals surface area contributed by atoms with E-state index in [4.69, 9.17) is 32.2 Å². The summed E-state index contributed by atoms with van der Waals surface area (Å²) in [7, 11) is 0. The molecule has 0 aliphatic rings. The van der Waals surface area contributed by atoms with Crippen molar-refractivity contribution in [3.8, 4) is 11.1 Å². The lowest BCUT2D eigenvalue weighted by Crippen LogP contribution is -2.22. The number of rotatable bonds is 9. The highest BCUT2D eigenvalue weighted by Gasteiger charge is 2.28. The molecule has 0 radical (unpaired) electrons. The van der Waals surface area contributed by atoms with Gasteiger partial charge in [0.2, 0.25) is 0 Å². The van der Waals surface area contributed by atoms with Crippen molar-refractivity contribution in [3.63, 3.8) is 0 Å². The monoisotopic (exact) mass is 703 g/mol. The van der Waals surface area contributed by atoms with Crippen LogP contribution in [0.4, 0.5) is 11.4 Å². The van der Waals surface area contributed by atoms with Gasteiger partial charge >= 0.3 is 0 Å². The fraction of sp³-hybridized carbons (Fsp3) is 0.103. The minimum absolute atomic E-state index is 0.217. The summed E-state index contributed by atoms with van der Waals surface area (Å²) in [5, 5.41) is 15.2. The maximum atomic E-state index is 14.3. The summed E-state index contributed by atoms with van der Waals surface area (Å²) < 4.78 is 11.1. The van der Waals surface area contributed by atoms with Gasteiger partial charge in [0, 0.05) is 15.6 Å².